The molecule has 102 valence electrons. The van der Waals surface area contributed by atoms with Crippen molar-refractivity contribution in [1.29, 1.82) is 0 Å². The summed E-state index contributed by atoms with van der Waals surface area (Å²) in [6.45, 7) is 1.53. The van der Waals surface area contributed by atoms with E-state index in [4.69, 9.17) is 0 Å². The first-order valence-corrected chi connectivity index (χ1v) is 7.79. The second-order valence-corrected chi connectivity index (χ2v) is 6.12. The van der Waals surface area contributed by atoms with Gasteiger partial charge in [-0.25, -0.2) is 0 Å². The molecule has 0 bridgehead atoms. The number of carbonyl (C=O) groups excluding carboxylic acids is 2. The van der Waals surface area contributed by atoms with Gasteiger partial charge in [-0.1, -0.05) is 12.1 Å². The van der Waals surface area contributed by atoms with Crippen molar-refractivity contribution in [2.24, 2.45) is 5.92 Å². The Balaban J connectivity index is 1.90. The number of anilines is 1. The highest BCUT2D eigenvalue weighted by Crippen LogP contribution is 2.25. The highest BCUT2D eigenvalue weighted by Gasteiger charge is 2.17. The van der Waals surface area contributed by atoms with Gasteiger partial charge in [-0.15, -0.1) is 0 Å². The van der Waals surface area contributed by atoms with Crippen molar-refractivity contribution in [3.05, 3.63) is 29.8 Å². The molecule has 1 heterocycles. The Kier molecular flexibility index (Phi) is 5.02. The molecule has 1 fully saturated rings. The van der Waals surface area contributed by atoms with E-state index in [0.717, 1.165) is 12.2 Å². The van der Waals surface area contributed by atoms with Gasteiger partial charge in [-0.2, -0.15) is 11.8 Å². The van der Waals surface area contributed by atoms with E-state index in [1.165, 1.54) is 19.1 Å². The third-order valence-electron chi connectivity index (χ3n) is 3.28. The van der Waals surface area contributed by atoms with Crippen molar-refractivity contribution in [3.63, 3.8) is 0 Å². The molecule has 1 saturated heterocycles. The molecule has 1 aromatic carbocycles. The van der Waals surface area contributed by atoms with Gasteiger partial charge >= 0.3 is 0 Å². The smallest absolute Gasteiger partial charge is 0.224 e. The van der Waals surface area contributed by atoms with E-state index in [2.05, 4.69) is 5.32 Å². The van der Waals surface area contributed by atoms with Gasteiger partial charge in [0.15, 0.2) is 5.78 Å². The summed E-state index contributed by atoms with van der Waals surface area (Å²) in [7, 11) is 0. The first-order chi connectivity index (χ1) is 9.15. The quantitative estimate of drug-likeness (QED) is 0.858. The van der Waals surface area contributed by atoms with Crippen LogP contribution in [0, 0.1) is 5.92 Å². The number of amides is 1. The van der Waals surface area contributed by atoms with Gasteiger partial charge < -0.3 is 5.32 Å². The van der Waals surface area contributed by atoms with Gasteiger partial charge in [0.05, 0.1) is 0 Å². The fourth-order valence-corrected chi connectivity index (χ4v) is 3.41. The maximum absolute atomic E-state index is 12.0. The number of benzene rings is 1. The van der Waals surface area contributed by atoms with Gasteiger partial charge in [0.2, 0.25) is 5.91 Å². The van der Waals surface area contributed by atoms with E-state index in [9.17, 15) is 9.59 Å². The molecule has 1 aliphatic heterocycles. The van der Waals surface area contributed by atoms with Crippen molar-refractivity contribution in [2.45, 2.75) is 26.2 Å². The lowest BCUT2D eigenvalue weighted by molar-refractivity contribution is -0.117. The summed E-state index contributed by atoms with van der Waals surface area (Å²) in [4.78, 5) is 23.2. The summed E-state index contributed by atoms with van der Waals surface area (Å²) in [6.07, 6.45) is 2.94. The predicted molar refractivity (Wildman–Crippen MR) is 79.7 cm³/mol. The van der Waals surface area contributed by atoms with Gasteiger partial charge in [0.1, 0.15) is 0 Å². The SMILES string of the molecule is CC(=O)c1cccc(NC(=O)CC2CCCSC2)c1. The summed E-state index contributed by atoms with van der Waals surface area (Å²) >= 11 is 1.93. The highest BCUT2D eigenvalue weighted by molar-refractivity contribution is 7.99. The molecule has 0 saturated carbocycles. The molecule has 0 spiro atoms. The second-order valence-electron chi connectivity index (χ2n) is 4.97. The van der Waals surface area contributed by atoms with Gasteiger partial charge in [-0.05, 0) is 49.3 Å². The Bertz CT molecular complexity index is 467. The maximum Gasteiger partial charge on any atom is 0.224 e. The molecule has 1 atom stereocenters. The summed E-state index contributed by atoms with van der Waals surface area (Å²) in [5.41, 5.74) is 1.34. The summed E-state index contributed by atoms with van der Waals surface area (Å²) in [5.74, 6) is 2.86. The fraction of sp³-hybridized carbons (Fsp3) is 0.467. The minimum atomic E-state index is 0.0137. The number of rotatable bonds is 4. The molecule has 19 heavy (non-hydrogen) atoms. The van der Waals surface area contributed by atoms with Gasteiger partial charge in [-0.3, -0.25) is 9.59 Å². The molecule has 1 aromatic rings. The topological polar surface area (TPSA) is 46.2 Å². The molecular weight excluding hydrogens is 258 g/mol. The van der Waals surface area contributed by atoms with Gasteiger partial charge in [0, 0.05) is 17.7 Å². The zero-order chi connectivity index (χ0) is 13.7. The second kappa shape index (κ2) is 6.75. The van der Waals surface area contributed by atoms with Crippen molar-refractivity contribution < 1.29 is 9.59 Å². The number of thioether (sulfide) groups is 1. The molecule has 2 rings (SSSR count). The standard InChI is InChI=1S/C15H19NO2S/c1-11(17)13-5-2-6-14(9-13)16-15(18)8-12-4-3-7-19-10-12/h2,5-6,9,12H,3-4,7-8,10H2,1H3,(H,16,18). The molecule has 1 amide bonds. The monoisotopic (exact) mass is 277 g/mol. The van der Waals surface area contributed by atoms with Crippen molar-refractivity contribution in [3.8, 4) is 0 Å². The lowest BCUT2D eigenvalue weighted by atomic mass is 10.0. The third kappa shape index (κ3) is 4.39. The van der Waals surface area contributed by atoms with Crippen LogP contribution in [0.1, 0.15) is 36.5 Å². The minimum absolute atomic E-state index is 0.0137. The molecule has 4 heteroatoms. The lowest BCUT2D eigenvalue weighted by Crippen LogP contribution is -2.20. The van der Waals surface area contributed by atoms with Crippen LogP contribution < -0.4 is 5.32 Å². The van der Waals surface area contributed by atoms with E-state index in [-0.39, 0.29) is 11.7 Å². The average Bonchev–Trinajstić information content (AvgIpc) is 2.40. The van der Waals surface area contributed by atoms with E-state index in [1.807, 2.05) is 17.8 Å². The zero-order valence-electron chi connectivity index (χ0n) is 11.1. The van der Waals surface area contributed by atoms with Gasteiger partial charge in [0.25, 0.3) is 0 Å². The molecule has 1 unspecified atom stereocenters. The number of nitrogens with one attached hydrogen (secondary N) is 1. The van der Waals surface area contributed by atoms with Crippen LogP contribution in [0.15, 0.2) is 24.3 Å². The first kappa shape index (κ1) is 14.1. The highest BCUT2D eigenvalue weighted by atomic mass is 32.2. The average molecular weight is 277 g/mol. The fourth-order valence-electron chi connectivity index (χ4n) is 2.26. The van der Waals surface area contributed by atoms with Crippen molar-refractivity contribution in [2.75, 3.05) is 16.8 Å². The van der Waals surface area contributed by atoms with Crippen LogP contribution in [0.2, 0.25) is 0 Å². The first-order valence-electron chi connectivity index (χ1n) is 6.64. The van der Waals surface area contributed by atoms with Crippen LogP contribution in [0.25, 0.3) is 0 Å². The van der Waals surface area contributed by atoms with E-state index < -0.39 is 0 Å². The van der Waals surface area contributed by atoms with Crippen LogP contribution in [0.4, 0.5) is 5.69 Å². The van der Waals surface area contributed by atoms with E-state index in [1.54, 1.807) is 18.2 Å². The van der Waals surface area contributed by atoms with E-state index in [0.29, 0.717) is 23.6 Å². The Morgan fingerprint density at radius 1 is 1.42 bits per heavy atom. The van der Waals surface area contributed by atoms with E-state index >= 15 is 0 Å². The lowest BCUT2D eigenvalue weighted by Gasteiger charge is -2.20. The van der Waals surface area contributed by atoms with Crippen LogP contribution in [0.3, 0.4) is 0 Å². The Morgan fingerprint density at radius 3 is 2.95 bits per heavy atom. The van der Waals surface area contributed by atoms with Crippen LogP contribution in [0.5, 0.6) is 0 Å². The molecular formula is C15H19NO2S. The molecule has 0 aromatic heterocycles. The predicted octanol–water partition coefficient (Wildman–Crippen LogP) is 3.36. The van der Waals surface area contributed by atoms with Crippen LogP contribution in [-0.4, -0.2) is 23.2 Å². The third-order valence-corrected chi connectivity index (χ3v) is 4.57. The molecule has 1 aliphatic rings. The van der Waals surface area contributed by atoms with Crippen molar-refractivity contribution in [1.82, 2.24) is 0 Å². The summed E-state index contributed by atoms with van der Waals surface area (Å²) in [6, 6.07) is 7.11. The Hall–Kier alpha value is -1.29. The zero-order valence-corrected chi connectivity index (χ0v) is 12.0. The number of hydrogen-bond acceptors (Lipinski definition) is 3. The molecule has 1 N–H and O–H groups in total. The summed E-state index contributed by atoms with van der Waals surface area (Å²) < 4.78 is 0. The Morgan fingerprint density at radius 2 is 2.26 bits per heavy atom. The van der Waals surface area contributed by atoms with Crippen LogP contribution >= 0.6 is 11.8 Å². The number of carbonyl (C=O) groups is 2. The largest absolute Gasteiger partial charge is 0.326 e. The molecule has 0 aliphatic carbocycles. The summed E-state index contributed by atoms with van der Waals surface area (Å²) in [5, 5.41) is 2.88. The number of Topliss-reactive ketones (excluding diaryl/α,β-unsaturated/α-hetero) is 1. The Labute approximate surface area is 118 Å². The maximum atomic E-state index is 12.0. The molecule has 3 nitrogen and oxygen atoms in total. The number of ketones is 1. The molecule has 0 radical (unpaired) electrons. The minimum Gasteiger partial charge on any atom is -0.326 e. The van der Waals surface area contributed by atoms with Crippen LogP contribution in [-0.2, 0) is 4.79 Å². The normalized spacial score (nSPS) is 18.9. The number of hydrogen-bond donors (Lipinski definition) is 1. The van der Waals surface area contributed by atoms with Crippen molar-refractivity contribution >= 4 is 29.1 Å².